The number of ketones is 1. The van der Waals surface area contributed by atoms with E-state index in [1.165, 1.54) is 7.11 Å². The molecule has 3 aromatic carbocycles. The van der Waals surface area contributed by atoms with Gasteiger partial charge in [0.2, 0.25) is 0 Å². The zero-order chi connectivity index (χ0) is 22.8. The third kappa shape index (κ3) is 7.64. The van der Waals surface area contributed by atoms with Crippen LogP contribution in [0.2, 0.25) is 0 Å². The van der Waals surface area contributed by atoms with Gasteiger partial charge in [-0.2, -0.15) is 0 Å². The summed E-state index contributed by atoms with van der Waals surface area (Å²) in [4.78, 5) is 23.3. The van der Waals surface area contributed by atoms with Crippen molar-refractivity contribution in [1.82, 2.24) is 0 Å². The van der Waals surface area contributed by atoms with E-state index in [4.69, 9.17) is 9.47 Å². The highest BCUT2D eigenvalue weighted by Gasteiger charge is 2.09. The molecule has 0 aliphatic carbocycles. The number of carboxylic acids is 1. The molecule has 5 nitrogen and oxygen atoms in total. The maximum absolute atomic E-state index is 12.4. The fourth-order valence-electron chi connectivity index (χ4n) is 3.04. The molecule has 33 heavy (non-hydrogen) atoms. The number of rotatable bonds is 9. The van der Waals surface area contributed by atoms with Crippen LogP contribution < -0.4 is 9.84 Å². The summed E-state index contributed by atoms with van der Waals surface area (Å²) in [6.45, 7) is 0.429. The van der Waals surface area contributed by atoms with Crippen molar-refractivity contribution in [2.24, 2.45) is 0 Å². The van der Waals surface area contributed by atoms with Crippen LogP contribution in [0.4, 0.5) is 0 Å². The fourth-order valence-corrected chi connectivity index (χ4v) is 3.04. The van der Waals surface area contributed by atoms with Crippen LogP contribution in [0.1, 0.15) is 40.9 Å². The van der Waals surface area contributed by atoms with E-state index in [0.717, 1.165) is 11.1 Å². The molecule has 5 heteroatoms. The molecule has 0 unspecified atom stereocenters. The van der Waals surface area contributed by atoms with Crippen LogP contribution >= 0.6 is 0 Å². The van der Waals surface area contributed by atoms with Crippen LogP contribution in [-0.2, 0) is 16.0 Å². The Hall–Kier alpha value is -3.88. The number of methoxy groups -OCH3 is 1. The first kappa shape index (κ1) is 25.4. The van der Waals surface area contributed by atoms with Gasteiger partial charge in [-0.05, 0) is 42.0 Å². The Bertz CT molecular complexity index is 1090. The van der Waals surface area contributed by atoms with E-state index in [-0.39, 0.29) is 19.6 Å². The summed E-state index contributed by atoms with van der Waals surface area (Å²) in [5.74, 6) is 5.54. The van der Waals surface area contributed by atoms with Gasteiger partial charge < -0.3 is 19.4 Å². The van der Waals surface area contributed by atoms with Gasteiger partial charge in [-0.3, -0.25) is 4.79 Å². The number of carboxylic acid groups (broad SMARTS) is 1. The third-order valence-corrected chi connectivity index (χ3v) is 4.80. The number of carbonyl (C=O) groups is 2. The number of hydrogen-bond acceptors (Lipinski definition) is 5. The monoisotopic (exact) mass is 443 g/mol. The zero-order valence-corrected chi connectivity index (χ0v) is 17.7. The quantitative estimate of drug-likeness (QED) is 0.286. The molecule has 0 amide bonds. The highest BCUT2D eigenvalue weighted by atomic mass is 16.5. The lowest BCUT2D eigenvalue weighted by atomic mass is 10.0. The summed E-state index contributed by atoms with van der Waals surface area (Å²) in [7, 11) is 1.35. The second-order valence-corrected chi connectivity index (χ2v) is 7.06. The minimum absolute atomic E-state index is 0. The molecule has 0 spiro atoms. The number of benzene rings is 3. The van der Waals surface area contributed by atoms with Crippen LogP contribution in [0.5, 0.6) is 5.75 Å². The van der Waals surface area contributed by atoms with Gasteiger partial charge in [0.05, 0.1) is 12.6 Å². The van der Waals surface area contributed by atoms with Crippen LogP contribution in [0.25, 0.3) is 0 Å². The molecule has 0 radical (unpaired) electrons. The van der Waals surface area contributed by atoms with Crippen molar-refractivity contribution >= 4 is 11.8 Å². The van der Waals surface area contributed by atoms with Crippen molar-refractivity contribution in [1.29, 1.82) is 0 Å². The molecule has 0 saturated heterocycles. The van der Waals surface area contributed by atoms with Crippen molar-refractivity contribution in [2.45, 2.75) is 26.4 Å². The summed E-state index contributed by atoms with van der Waals surface area (Å²) in [6.07, 6.45) is -0.173. The van der Waals surface area contributed by atoms with E-state index in [1.807, 2.05) is 42.5 Å². The Morgan fingerprint density at radius 1 is 0.909 bits per heavy atom. The summed E-state index contributed by atoms with van der Waals surface area (Å²) >= 11 is 0. The number of hydrogen-bond donors (Lipinski definition) is 0. The Kier molecular flexibility index (Phi) is 9.88. The molecule has 0 fully saturated rings. The molecule has 0 N–H and O–H groups in total. The maximum atomic E-state index is 12.4. The van der Waals surface area contributed by atoms with Crippen molar-refractivity contribution in [3.8, 4) is 17.6 Å². The van der Waals surface area contributed by atoms with Crippen LogP contribution in [-0.4, -0.2) is 31.6 Å². The van der Waals surface area contributed by atoms with E-state index >= 15 is 0 Å². The fraction of sp³-hybridized carbons (Fsp3) is 0.214. The molecule has 3 rings (SSSR count). The molecule has 3 aromatic rings. The van der Waals surface area contributed by atoms with Gasteiger partial charge in [-0.15, -0.1) is 0 Å². The lowest BCUT2D eigenvalue weighted by Gasteiger charge is -2.15. The normalized spacial score (nSPS) is 10.8. The van der Waals surface area contributed by atoms with Gasteiger partial charge in [0, 0.05) is 36.6 Å². The largest absolute Gasteiger partial charge is 0.547 e. The van der Waals surface area contributed by atoms with Crippen LogP contribution in [0.15, 0.2) is 78.9 Å². The summed E-state index contributed by atoms with van der Waals surface area (Å²) < 4.78 is 10.6. The second kappa shape index (κ2) is 12.8. The molecular weight excluding hydrogens is 416 g/mol. The number of ether oxygens (including phenoxy) is 2. The second-order valence-electron chi connectivity index (χ2n) is 7.06. The lowest BCUT2D eigenvalue weighted by molar-refractivity contribution is -0.315. The van der Waals surface area contributed by atoms with Gasteiger partial charge in [-0.1, -0.05) is 61.7 Å². The standard InChI is InChI=1S/C27H24O5.CH4/c1-31-25(27(29)30)19-21-12-10-20(11-13-21)7-5-6-18-32-24-16-14-23(15-17-24)26(28)22-8-3-2-4-9-22;/h2-4,8-17,25H,6,18-19H2,1H3,(H,29,30);1H4/p-1/t25-;/m0./s1. The summed E-state index contributed by atoms with van der Waals surface area (Å²) in [5.41, 5.74) is 2.94. The highest BCUT2D eigenvalue weighted by Crippen LogP contribution is 2.15. The first-order valence-electron chi connectivity index (χ1n) is 10.2. The van der Waals surface area contributed by atoms with Crippen molar-refractivity contribution in [3.05, 3.63) is 101 Å². The maximum Gasteiger partial charge on any atom is 0.193 e. The molecule has 0 saturated carbocycles. The Morgan fingerprint density at radius 3 is 2.15 bits per heavy atom. The average molecular weight is 444 g/mol. The van der Waals surface area contributed by atoms with Crippen LogP contribution in [0.3, 0.4) is 0 Å². The van der Waals surface area contributed by atoms with Gasteiger partial charge in [0.1, 0.15) is 11.9 Å². The first-order chi connectivity index (χ1) is 15.6. The topological polar surface area (TPSA) is 75.7 Å². The Morgan fingerprint density at radius 2 is 1.55 bits per heavy atom. The highest BCUT2D eigenvalue weighted by molar-refractivity contribution is 6.08. The van der Waals surface area contributed by atoms with Gasteiger partial charge in [0.25, 0.3) is 0 Å². The predicted octanol–water partition coefficient (Wildman–Crippen LogP) is 3.68. The van der Waals surface area contributed by atoms with E-state index in [0.29, 0.717) is 29.9 Å². The van der Waals surface area contributed by atoms with Crippen molar-refractivity contribution < 1.29 is 24.2 Å². The average Bonchev–Trinajstić information content (AvgIpc) is 2.83. The zero-order valence-electron chi connectivity index (χ0n) is 17.7. The summed E-state index contributed by atoms with van der Waals surface area (Å²) in [5, 5.41) is 10.9. The number of carbonyl (C=O) groups excluding carboxylic acids is 2. The third-order valence-electron chi connectivity index (χ3n) is 4.80. The predicted molar refractivity (Wildman–Crippen MR) is 126 cm³/mol. The Balaban J connectivity index is 0.00000385. The molecule has 0 aliphatic rings. The molecule has 1 atom stereocenters. The van der Waals surface area contributed by atoms with Crippen LogP contribution in [0, 0.1) is 11.8 Å². The lowest BCUT2D eigenvalue weighted by Crippen LogP contribution is -2.38. The molecular formula is C28H27O5-. The molecule has 0 aliphatic heterocycles. The van der Waals surface area contributed by atoms with Gasteiger partial charge in [-0.25, -0.2) is 0 Å². The van der Waals surface area contributed by atoms with E-state index < -0.39 is 12.1 Å². The SMILES string of the molecule is C.CO[C@@H](Cc1ccc(C#CCCOc2ccc(C(=O)c3ccccc3)cc2)cc1)C(=O)[O-]. The van der Waals surface area contributed by atoms with E-state index in [2.05, 4.69) is 11.8 Å². The Labute approximate surface area is 195 Å². The van der Waals surface area contributed by atoms with Gasteiger partial charge >= 0.3 is 0 Å². The van der Waals surface area contributed by atoms with E-state index in [9.17, 15) is 14.7 Å². The number of aliphatic carboxylic acids is 1. The smallest absolute Gasteiger partial charge is 0.193 e. The molecule has 0 aromatic heterocycles. The molecule has 0 bridgehead atoms. The van der Waals surface area contributed by atoms with E-state index in [1.54, 1.807) is 36.4 Å². The van der Waals surface area contributed by atoms with Crippen molar-refractivity contribution in [3.63, 3.8) is 0 Å². The molecule has 0 heterocycles. The van der Waals surface area contributed by atoms with Gasteiger partial charge in [0.15, 0.2) is 5.78 Å². The summed E-state index contributed by atoms with van der Waals surface area (Å²) in [6, 6.07) is 23.6. The minimum Gasteiger partial charge on any atom is -0.547 e. The first-order valence-corrected chi connectivity index (χ1v) is 10.2. The molecule has 170 valence electrons. The minimum atomic E-state index is -1.23. The van der Waals surface area contributed by atoms with Crippen molar-refractivity contribution in [2.75, 3.05) is 13.7 Å².